The molecule has 0 aliphatic heterocycles. The van der Waals surface area contributed by atoms with Crippen molar-refractivity contribution >= 4 is 3.26 Å². The number of hydrogen-bond acceptors (Lipinski definition) is 0. The van der Waals surface area contributed by atoms with Crippen molar-refractivity contribution in [3.63, 3.8) is 0 Å². The van der Waals surface area contributed by atoms with Gasteiger partial charge in [0, 0.05) is 0 Å². The van der Waals surface area contributed by atoms with Gasteiger partial charge < -0.3 is 24.8 Å². The standard InChI is InChI=1S/C15H14.C13H9.C5H5.2ClH.Hf/c1-12-5-3-7-14(9-12)11-15-8-4-6-13(2)10-15;1-3-7-12-10(5-1)9-11-6-2-4-8-13(11)12;1-2-4-5-3-1;;;/h3-10H,1-2H3;1-5,7-8H,9H2;1-5H;2*1H;/q;2*-1;;;+2/p-2. The summed E-state index contributed by atoms with van der Waals surface area (Å²) < 4.78 is 1.48. The van der Waals surface area contributed by atoms with Gasteiger partial charge in [0.25, 0.3) is 0 Å². The fourth-order valence-electron chi connectivity index (χ4n) is 4.09. The molecule has 0 fully saturated rings. The summed E-state index contributed by atoms with van der Waals surface area (Å²) >= 11 is 1.08. The monoisotopic (exact) mass is 674 g/mol. The van der Waals surface area contributed by atoms with Crippen LogP contribution in [0.2, 0.25) is 0 Å². The average molecular weight is 674 g/mol. The normalized spacial score (nSPS) is 10.1. The SMILES string of the molecule is Cc1cccc([C](=[Hf+2])c2cccc(C)c2)c1.[Cl-].[Cl-].[c-]1cccc2c1Cc1ccccc1-2.c1cc[cH-]c1. The number of benzene rings is 4. The van der Waals surface area contributed by atoms with Crippen molar-refractivity contribution in [1.29, 1.82) is 0 Å². The molecule has 0 unspecified atom stereocenters. The van der Waals surface area contributed by atoms with Crippen LogP contribution in [0.25, 0.3) is 11.1 Å². The Morgan fingerprint density at radius 2 is 1.28 bits per heavy atom. The van der Waals surface area contributed by atoms with Crippen LogP contribution in [0.4, 0.5) is 0 Å². The van der Waals surface area contributed by atoms with Crippen molar-refractivity contribution < 1.29 is 48.7 Å². The first-order valence-corrected chi connectivity index (χ1v) is 13.4. The van der Waals surface area contributed by atoms with E-state index in [-0.39, 0.29) is 24.8 Å². The van der Waals surface area contributed by atoms with Crippen molar-refractivity contribution in [1.82, 2.24) is 0 Å². The molecular weight excluding hydrogens is 646 g/mol. The van der Waals surface area contributed by atoms with E-state index in [2.05, 4.69) is 105 Å². The first kappa shape index (κ1) is 29.8. The van der Waals surface area contributed by atoms with Gasteiger partial charge in [0.2, 0.25) is 0 Å². The van der Waals surface area contributed by atoms with E-state index < -0.39 is 0 Å². The van der Waals surface area contributed by atoms with Gasteiger partial charge in [0.05, 0.1) is 0 Å². The largest absolute Gasteiger partial charge is 1.00 e. The zero-order chi connectivity index (χ0) is 23.8. The number of fused-ring (bicyclic) bond motifs is 3. The second-order valence-corrected chi connectivity index (χ2v) is 10.3. The van der Waals surface area contributed by atoms with E-state index in [0.717, 1.165) is 30.3 Å². The zero-order valence-corrected chi connectivity index (χ0v) is 25.6. The maximum atomic E-state index is 3.30. The minimum absolute atomic E-state index is 0. The Kier molecular flexibility index (Phi) is 12.4. The number of rotatable bonds is 2. The topological polar surface area (TPSA) is 0 Å². The summed E-state index contributed by atoms with van der Waals surface area (Å²) in [7, 11) is 0. The number of aryl methyl sites for hydroxylation is 2. The maximum Gasteiger partial charge on any atom is -0.0253 e. The van der Waals surface area contributed by atoms with Crippen LogP contribution in [0.1, 0.15) is 33.4 Å². The van der Waals surface area contributed by atoms with Gasteiger partial charge in [-0.05, 0) is 6.42 Å². The fraction of sp³-hybridized carbons (Fsp3) is 0.0909. The van der Waals surface area contributed by atoms with Crippen molar-refractivity contribution in [3.8, 4) is 11.1 Å². The van der Waals surface area contributed by atoms with E-state index in [4.69, 9.17) is 0 Å². The van der Waals surface area contributed by atoms with Gasteiger partial charge in [0.1, 0.15) is 0 Å². The van der Waals surface area contributed by atoms with Gasteiger partial charge in [-0.1, -0.05) is 35.4 Å². The minimum atomic E-state index is 0. The Morgan fingerprint density at radius 3 is 1.83 bits per heavy atom. The van der Waals surface area contributed by atoms with Gasteiger partial charge in [-0.3, -0.25) is 0 Å². The molecule has 0 radical (unpaired) electrons. The van der Waals surface area contributed by atoms with Crippen LogP contribution in [-0.4, -0.2) is 3.26 Å². The summed E-state index contributed by atoms with van der Waals surface area (Å²) in [5, 5.41) is 0. The Balaban J connectivity index is 0.000000205. The van der Waals surface area contributed by atoms with E-state index in [1.165, 1.54) is 47.8 Å². The van der Waals surface area contributed by atoms with Crippen LogP contribution in [0, 0.1) is 19.9 Å². The zero-order valence-electron chi connectivity index (χ0n) is 20.5. The molecule has 1 aliphatic rings. The molecule has 180 valence electrons. The quantitative estimate of drug-likeness (QED) is 0.195. The van der Waals surface area contributed by atoms with E-state index in [0.29, 0.717) is 0 Å². The molecule has 0 atom stereocenters. The van der Waals surface area contributed by atoms with Crippen LogP contribution >= 0.6 is 0 Å². The van der Waals surface area contributed by atoms with Crippen LogP contribution in [0.15, 0.2) is 121 Å². The summed E-state index contributed by atoms with van der Waals surface area (Å²) in [6.07, 6.45) is 1.05. The predicted molar refractivity (Wildman–Crippen MR) is 141 cm³/mol. The molecule has 0 saturated heterocycles. The molecule has 3 heteroatoms. The van der Waals surface area contributed by atoms with Gasteiger partial charge in [-0.25, -0.2) is 12.1 Å². The summed E-state index contributed by atoms with van der Waals surface area (Å²) in [5.74, 6) is 0. The van der Waals surface area contributed by atoms with E-state index in [1.54, 1.807) is 0 Å². The van der Waals surface area contributed by atoms with Gasteiger partial charge >= 0.3 is 112 Å². The Morgan fingerprint density at radius 1 is 0.694 bits per heavy atom. The summed E-state index contributed by atoms with van der Waals surface area (Å²) in [6.45, 7) is 4.29. The van der Waals surface area contributed by atoms with E-state index >= 15 is 0 Å². The first-order chi connectivity index (χ1) is 16.6. The molecule has 0 N–H and O–H groups in total. The van der Waals surface area contributed by atoms with Gasteiger partial charge in [-0.15, -0.1) is 5.56 Å². The van der Waals surface area contributed by atoms with E-state index in [1.807, 2.05) is 36.4 Å². The van der Waals surface area contributed by atoms with Gasteiger partial charge in [0.15, 0.2) is 0 Å². The first-order valence-electron chi connectivity index (χ1n) is 11.6. The molecule has 0 nitrogen and oxygen atoms in total. The second kappa shape index (κ2) is 15.0. The molecule has 6 rings (SSSR count). The van der Waals surface area contributed by atoms with Crippen molar-refractivity contribution in [3.05, 3.63) is 161 Å². The number of hydrogen-bond donors (Lipinski definition) is 0. The molecular formula is C33H28Cl2Hf-2. The molecule has 0 heterocycles. The van der Waals surface area contributed by atoms with Crippen molar-refractivity contribution in [2.75, 3.05) is 0 Å². The predicted octanol–water partition coefficient (Wildman–Crippen LogP) is 1.89. The fourth-order valence-corrected chi connectivity index (χ4v) is 5.20. The number of halogens is 2. The average Bonchev–Trinajstić information content (AvgIpc) is 3.56. The molecule has 0 spiro atoms. The Labute approximate surface area is 242 Å². The van der Waals surface area contributed by atoms with Crippen LogP contribution in [-0.2, 0) is 30.3 Å². The third-order valence-corrected chi connectivity index (χ3v) is 7.86. The van der Waals surface area contributed by atoms with Crippen LogP contribution in [0.3, 0.4) is 0 Å². The van der Waals surface area contributed by atoms with Crippen LogP contribution in [0.5, 0.6) is 0 Å². The molecule has 5 aromatic rings. The molecule has 0 aromatic heterocycles. The molecule has 1 aliphatic carbocycles. The van der Waals surface area contributed by atoms with Crippen molar-refractivity contribution in [2.24, 2.45) is 0 Å². The van der Waals surface area contributed by atoms with Gasteiger partial charge in [-0.2, -0.15) is 48.0 Å². The second-order valence-electron chi connectivity index (χ2n) is 8.47. The van der Waals surface area contributed by atoms with Crippen molar-refractivity contribution in [2.45, 2.75) is 20.3 Å². The van der Waals surface area contributed by atoms with Crippen LogP contribution < -0.4 is 24.8 Å². The molecule has 36 heavy (non-hydrogen) atoms. The molecule has 5 aromatic carbocycles. The molecule has 0 amide bonds. The third-order valence-electron chi connectivity index (χ3n) is 5.79. The molecule has 0 saturated carbocycles. The third kappa shape index (κ3) is 8.03. The summed E-state index contributed by atoms with van der Waals surface area (Å²) in [5.41, 5.74) is 10.9. The summed E-state index contributed by atoms with van der Waals surface area (Å²) in [4.78, 5) is 0. The maximum absolute atomic E-state index is 3.30. The Bertz CT molecular complexity index is 1260. The Hall–Kier alpha value is -2.45. The minimum Gasteiger partial charge on any atom is -1.00 e. The molecule has 0 bridgehead atoms. The summed E-state index contributed by atoms with van der Waals surface area (Å²) in [6, 6.07) is 45.6. The van der Waals surface area contributed by atoms with E-state index in [9.17, 15) is 0 Å². The smallest absolute Gasteiger partial charge is 0.0253 e.